The van der Waals surface area contributed by atoms with Crippen molar-refractivity contribution in [3.63, 3.8) is 0 Å². The van der Waals surface area contributed by atoms with Gasteiger partial charge in [-0.3, -0.25) is 14.0 Å². The minimum Gasteiger partial charge on any atom is -0.355 e. The van der Waals surface area contributed by atoms with Crippen molar-refractivity contribution in [2.75, 3.05) is 25.9 Å². The van der Waals surface area contributed by atoms with Gasteiger partial charge in [-0.15, -0.1) is 24.0 Å². The first-order valence-corrected chi connectivity index (χ1v) is 11.2. The van der Waals surface area contributed by atoms with Crippen LogP contribution in [0.1, 0.15) is 43.0 Å². The number of hydrogen-bond donors (Lipinski definition) is 3. The van der Waals surface area contributed by atoms with Crippen LogP contribution in [0.5, 0.6) is 0 Å². The van der Waals surface area contributed by atoms with E-state index in [9.17, 15) is 9.00 Å². The van der Waals surface area contributed by atoms with E-state index in [1.165, 1.54) is 0 Å². The summed E-state index contributed by atoms with van der Waals surface area (Å²) < 4.78 is 12.1. The summed E-state index contributed by atoms with van der Waals surface area (Å²) in [6, 6.07) is 7.26. The van der Waals surface area contributed by atoms with Gasteiger partial charge in [0, 0.05) is 48.0 Å². The highest BCUT2D eigenvalue weighted by Crippen LogP contribution is 2.22. The smallest absolute Gasteiger partial charge is 0.252 e. The molecule has 9 heteroatoms. The standard InChI is InChI=1S/C19H29ClN4O2S.HI/c1-3-27(26)15-8-6-7-14(13-15)24-19(21-2)23-12-11-22-18(25)16-9-4-5-10-17(16)20;/h4-5,9-10,14-15H,3,6-8,11-13H2,1-2H3,(H,22,25)(H2,21,23,24);1H. The Balaban J connectivity index is 0.00000392. The molecular formula is C19H30ClIN4O2S. The first-order valence-electron chi connectivity index (χ1n) is 9.42. The average Bonchev–Trinajstić information content (AvgIpc) is 2.70. The van der Waals surface area contributed by atoms with Crippen LogP contribution in [0, 0.1) is 0 Å². The van der Waals surface area contributed by atoms with E-state index >= 15 is 0 Å². The first kappa shape index (κ1) is 25.2. The number of hydrogen-bond acceptors (Lipinski definition) is 3. The normalized spacial score (nSPS) is 20.6. The van der Waals surface area contributed by atoms with Gasteiger partial charge in [0.25, 0.3) is 5.91 Å². The predicted molar refractivity (Wildman–Crippen MR) is 128 cm³/mol. The van der Waals surface area contributed by atoms with Gasteiger partial charge in [-0.1, -0.05) is 37.1 Å². The van der Waals surface area contributed by atoms with Gasteiger partial charge in [0.05, 0.1) is 10.6 Å². The van der Waals surface area contributed by atoms with Crippen LogP contribution in [0.15, 0.2) is 29.3 Å². The van der Waals surface area contributed by atoms with Crippen molar-refractivity contribution in [3.8, 4) is 0 Å². The lowest BCUT2D eigenvalue weighted by Gasteiger charge is -2.30. The van der Waals surface area contributed by atoms with Gasteiger partial charge < -0.3 is 16.0 Å². The molecule has 3 atom stereocenters. The number of guanidine groups is 1. The van der Waals surface area contributed by atoms with Crippen molar-refractivity contribution in [1.29, 1.82) is 0 Å². The molecule has 2 rings (SSSR count). The van der Waals surface area contributed by atoms with E-state index in [0.29, 0.717) is 29.6 Å². The van der Waals surface area contributed by atoms with Crippen LogP contribution in [-0.2, 0) is 10.8 Å². The third-order valence-corrected chi connectivity index (χ3v) is 6.74. The number of rotatable bonds is 7. The number of carbonyl (C=O) groups excluding carboxylic acids is 1. The molecule has 158 valence electrons. The summed E-state index contributed by atoms with van der Waals surface area (Å²) in [6.45, 7) is 2.98. The van der Waals surface area contributed by atoms with Crippen molar-refractivity contribution >= 4 is 58.2 Å². The Morgan fingerprint density at radius 1 is 1.25 bits per heavy atom. The second kappa shape index (κ2) is 13.4. The number of halogens is 2. The number of amides is 1. The zero-order chi connectivity index (χ0) is 19.6. The summed E-state index contributed by atoms with van der Waals surface area (Å²) in [6.07, 6.45) is 4.09. The lowest BCUT2D eigenvalue weighted by molar-refractivity contribution is 0.0954. The van der Waals surface area contributed by atoms with E-state index in [1.807, 2.05) is 6.92 Å². The molecule has 1 fully saturated rings. The van der Waals surface area contributed by atoms with E-state index in [2.05, 4.69) is 20.9 Å². The largest absolute Gasteiger partial charge is 0.355 e. The lowest BCUT2D eigenvalue weighted by atomic mass is 9.95. The second-order valence-corrected chi connectivity index (χ2v) is 8.95. The summed E-state index contributed by atoms with van der Waals surface area (Å²) >= 11 is 6.03. The maximum absolute atomic E-state index is 12.1. The molecule has 0 bridgehead atoms. The van der Waals surface area contributed by atoms with E-state index in [1.54, 1.807) is 31.3 Å². The van der Waals surface area contributed by atoms with Gasteiger partial charge in [-0.25, -0.2) is 0 Å². The Bertz CT molecular complexity index is 690. The van der Waals surface area contributed by atoms with Crippen molar-refractivity contribution in [3.05, 3.63) is 34.9 Å². The Labute approximate surface area is 192 Å². The van der Waals surface area contributed by atoms with Crippen LogP contribution in [0.3, 0.4) is 0 Å². The zero-order valence-corrected chi connectivity index (χ0v) is 20.3. The first-order chi connectivity index (χ1) is 13.0. The summed E-state index contributed by atoms with van der Waals surface area (Å²) in [5, 5.41) is 10.2. The van der Waals surface area contributed by atoms with Crippen molar-refractivity contribution in [2.24, 2.45) is 4.99 Å². The maximum atomic E-state index is 12.1. The molecule has 3 N–H and O–H groups in total. The minimum atomic E-state index is -0.742. The summed E-state index contributed by atoms with van der Waals surface area (Å²) in [7, 11) is 0.983. The van der Waals surface area contributed by atoms with Gasteiger partial charge in [0.15, 0.2) is 5.96 Å². The van der Waals surface area contributed by atoms with E-state index in [-0.39, 0.29) is 41.2 Å². The van der Waals surface area contributed by atoms with Crippen molar-refractivity contribution < 1.29 is 9.00 Å². The quantitative estimate of drug-likeness (QED) is 0.215. The van der Waals surface area contributed by atoms with Crippen LogP contribution in [0.2, 0.25) is 5.02 Å². The molecule has 0 aliphatic heterocycles. The molecule has 1 aliphatic carbocycles. The number of nitrogens with one attached hydrogen (secondary N) is 3. The fraction of sp³-hybridized carbons (Fsp3) is 0.579. The van der Waals surface area contributed by atoms with E-state index < -0.39 is 10.8 Å². The monoisotopic (exact) mass is 540 g/mol. The minimum absolute atomic E-state index is 0. The maximum Gasteiger partial charge on any atom is 0.252 e. The third kappa shape index (κ3) is 7.87. The van der Waals surface area contributed by atoms with Crippen LogP contribution in [0.4, 0.5) is 0 Å². The van der Waals surface area contributed by atoms with Crippen LogP contribution in [0.25, 0.3) is 0 Å². The van der Waals surface area contributed by atoms with E-state index in [4.69, 9.17) is 11.6 Å². The SMILES string of the molecule is CCS(=O)C1CCCC(NC(=NC)NCCNC(=O)c2ccccc2Cl)C1.I. The molecule has 1 saturated carbocycles. The summed E-state index contributed by atoms with van der Waals surface area (Å²) in [5.41, 5.74) is 0.471. The number of carbonyl (C=O) groups is 1. The predicted octanol–water partition coefficient (Wildman–Crippen LogP) is 2.93. The lowest BCUT2D eigenvalue weighted by Crippen LogP contribution is -2.48. The molecule has 1 amide bonds. The van der Waals surface area contributed by atoms with Gasteiger partial charge in [0.1, 0.15) is 0 Å². The summed E-state index contributed by atoms with van der Waals surface area (Å²) in [5.74, 6) is 1.23. The molecule has 0 heterocycles. The third-order valence-electron chi connectivity index (χ3n) is 4.67. The molecule has 1 aromatic rings. The van der Waals surface area contributed by atoms with Crippen LogP contribution >= 0.6 is 35.6 Å². The molecule has 0 spiro atoms. The fourth-order valence-corrected chi connectivity index (χ4v) is 4.81. The molecule has 28 heavy (non-hydrogen) atoms. The molecule has 0 radical (unpaired) electrons. The van der Waals surface area contributed by atoms with Crippen molar-refractivity contribution in [1.82, 2.24) is 16.0 Å². The molecule has 3 unspecified atom stereocenters. The highest BCUT2D eigenvalue weighted by Gasteiger charge is 2.25. The Morgan fingerprint density at radius 3 is 2.64 bits per heavy atom. The molecule has 1 aromatic carbocycles. The highest BCUT2D eigenvalue weighted by atomic mass is 127. The van der Waals surface area contributed by atoms with Crippen LogP contribution in [-0.4, -0.2) is 53.3 Å². The fourth-order valence-electron chi connectivity index (χ4n) is 3.24. The number of nitrogens with zero attached hydrogens (tertiary/aromatic N) is 1. The Kier molecular flexibility index (Phi) is 12.0. The number of benzene rings is 1. The second-order valence-electron chi connectivity index (χ2n) is 6.53. The molecule has 0 saturated heterocycles. The Hall–Kier alpha value is -0.870. The van der Waals surface area contributed by atoms with Gasteiger partial charge in [-0.2, -0.15) is 0 Å². The van der Waals surface area contributed by atoms with Gasteiger partial charge in [-0.05, 0) is 31.4 Å². The molecule has 6 nitrogen and oxygen atoms in total. The van der Waals surface area contributed by atoms with Crippen LogP contribution < -0.4 is 16.0 Å². The Morgan fingerprint density at radius 2 is 1.96 bits per heavy atom. The average molecular weight is 541 g/mol. The van der Waals surface area contributed by atoms with Gasteiger partial charge >= 0.3 is 0 Å². The van der Waals surface area contributed by atoms with E-state index in [0.717, 1.165) is 31.4 Å². The topological polar surface area (TPSA) is 82.6 Å². The highest BCUT2D eigenvalue weighted by molar-refractivity contribution is 14.0. The molecule has 1 aliphatic rings. The van der Waals surface area contributed by atoms with Crippen molar-refractivity contribution in [2.45, 2.75) is 43.9 Å². The van der Waals surface area contributed by atoms with Gasteiger partial charge in [0.2, 0.25) is 0 Å². The summed E-state index contributed by atoms with van der Waals surface area (Å²) in [4.78, 5) is 16.4. The number of aliphatic imine (C=N–C) groups is 1. The zero-order valence-electron chi connectivity index (χ0n) is 16.4. The molecular weight excluding hydrogens is 511 g/mol. The molecule has 0 aromatic heterocycles.